The van der Waals surface area contributed by atoms with Gasteiger partial charge in [0, 0.05) is 38.2 Å². The molecular weight excluding hydrogens is 342 g/mol. The van der Waals surface area contributed by atoms with Gasteiger partial charge in [0.1, 0.15) is 0 Å². The highest BCUT2D eigenvalue weighted by atomic mass is 32.2. The lowest BCUT2D eigenvalue weighted by Gasteiger charge is -2.17. The highest BCUT2D eigenvalue weighted by Gasteiger charge is 2.28. The van der Waals surface area contributed by atoms with Gasteiger partial charge in [0.05, 0.1) is 11.4 Å². The van der Waals surface area contributed by atoms with Crippen LogP contribution in [0.2, 0.25) is 0 Å². The van der Waals surface area contributed by atoms with Gasteiger partial charge < -0.3 is 10.2 Å². The van der Waals surface area contributed by atoms with Gasteiger partial charge in [-0.05, 0) is 43.5 Å². The molecule has 2 aliphatic rings. The van der Waals surface area contributed by atoms with Crippen LogP contribution in [0.1, 0.15) is 36.0 Å². The fraction of sp³-hybridized carbons (Fsp3) is 0.529. The van der Waals surface area contributed by atoms with Crippen LogP contribution in [0.5, 0.6) is 0 Å². The van der Waals surface area contributed by atoms with Gasteiger partial charge in [0.15, 0.2) is 0 Å². The zero-order valence-corrected chi connectivity index (χ0v) is 14.9. The lowest BCUT2D eigenvalue weighted by atomic mass is 10.2. The number of benzene rings is 1. The van der Waals surface area contributed by atoms with Crippen LogP contribution in [0.25, 0.3) is 0 Å². The first kappa shape index (κ1) is 17.7. The molecule has 2 aliphatic heterocycles. The van der Waals surface area contributed by atoms with Crippen molar-refractivity contribution < 1.29 is 18.0 Å². The predicted octanol–water partition coefficient (Wildman–Crippen LogP) is 0.969. The zero-order valence-electron chi connectivity index (χ0n) is 14.1. The number of hydrogen-bond acceptors (Lipinski definition) is 4. The summed E-state index contributed by atoms with van der Waals surface area (Å²) in [4.78, 5) is 25.9. The fourth-order valence-corrected chi connectivity index (χ4v) is 4.78. The third kappa shape index (κ3) is 4.12. The number of likely N-dealkylation sites (tertiary alicyclic amines) is 1. The Morgan fingerprint density at radius 2 is 1.68 bits per heavy atom. The van der Waals surface area contributed by atoms with Crippen molar-refractivity contribution in [2.75, 3.05) is 36.2 Å². The predicted molar refractivity (Wildman–Crippen MR) is 95.0 cm³/mol. The first-order chi connectivity index (χ1) is 12.0. The molecule has 0 radical (unpaired) electrons. The number of carbonyl (C=O) groups excluding carboxylic acids is 2. The van der Waals surface area contributed by atoms with E-state index in [0.29, 0.717) is 37.2 Å². The van der Waals surface area contributed by atoms with Gasteiger partial charge in [-0.3, -0.25) is 13.9 Å². The van der Waals surface area contributed by atoms with Crippen LogP contribution in [0.15, 0.2) is 24.3 Å². The molecule has 3 rings (SSSR count). The molecule has 7 nitrogen and oxygen atoms in total. The highest BCUT2D eigenvalue weighted by molar-refractivity contribution is 7.93. The average molecular weight is 365 g/mol. The molecule has 25 heavy (non-hydrogen) atoms. The molecule has 8 heteroatoms. The number of nitrogens with one attached hydrogen (secondary N) is 1. The van der Waals surface area contributed by atoms with Crippen molar-refractivity contribution in [1.82, 2.24) is 10.2 Å². The minimum Gasteiger partial charge on any atom is -0.352 e. The van der Waals surface area contributed by atoms with E-state index in [2.05, 4.69) is 5.32 Å². The number of amides is 2. The zero-order chi connectivity index (χ0) is 17.9. The maximum Gasteiger partial charge on any atom is 0.251 e. The summed E-state index contributed by atoms with van der Waals surface area (Å²) < 4.78 is 25.2. The average Bonchev–Trinajstić information content (AvgIpc) is 3.24. The second kappa shape index (κ2) is 7.43. The molecular formula is C17H23N3O4S. The summed E-state index contributed by atoms with van der Waals surface area (Å²) >= 11 is 0. The molecule has 136 valence electrons. The Hall–Kier alpha value is -2.09. The summed E-state index contributed by atoms with van der Waals surface area (Å²) in [6.07, 6.45) is 3.03. The summed E-state index contributed by atoms with van der Waals surface area (Å²) in [5.41, 5.74) is 1.03. The van der Waals surface area contributed by atoms with Crippen LogP contribution in [0, 0.1) is 0 Å². The molecule has 1 aromatic carbocycles. The van der Waals surface area contributed by atoms with E-state index in [0.717, 1.165) is 25.9 Å². The second-order valence-corrected chi connectivity index (χ2v) is 8.40. The van der Waals surface area contributed by atoms with Crippen molar-refractivity contribution in [3.8, 4) is 0 Å². The van der Waals surface area contributed by atoms with Crippen molar-refractivity contribution in [3.63, 3.8) is 0 Å². The number of rotatable bonds is 5. The summed E-state index contributed by atoms with van der Waals surface area (Å²) in [6.45, 7) is 2.41. The molecule has 0 spiro atoms. The van der Waals surface area contributed by atoms with E-state index in [1.165, 1.54) is 4.31 Å². The molecule has 0 saturated carbocycles. The van der Waals surface area contributed by atoms with Crippen molar-refractivity contribution in [2.45, 2.75) is 25.7 Å². The van der Waals surface area contributed by atoms with E-state index in [4.69, 9.17) is 0 Å². The Morgan fingerprint density at radius 3 is 2.28 bits per heavy atom. The molecule has 0 aromatic heterocycles. The van der Waals surface area contributed by atoms with Crippen LogP contribution in [-0.2, 0) is 14.8 Å². The molecule has 0 atom stereocenters. The van der Waals surface area contributed by atoms with Crippen LogP contribution >= 0.6 is 0 Å². The normalized spacial score (nSPS) is 19.2. The second-order valence-electron chi connectivity index (χ2n) is 6.38. The summed E-state index contributed by atoms with van der Waals surface area (Å²) in [5, 5.41) is 2.74. The van der Waals surface area contributed by atoms with E-state index in [1.807, 2.05) is 4.90 Å². The molecule has 0 unspecified atom stereocenters. The third-order valence-electron chi connectivity index (χ3n) is 4.60. The van der Waals surface area contributed by atoms with Crippen LogP contribution in [0.3, 0.4) is 0 Å². The Balaban J connectivity index is 1.51. The number of anilines is 1. The molecule has 2 saturated heterocycles. The van der Waals surface area contributed by atoms with Crippen molar-refractivity contribution in [2.24, 2.45) is 0 Å². The smallest absolute Gasteiger partial charge is 0.251 e. The van der Waals surface area contributed by atoms with E-state index in [-0.39, 0.29) is 17.6 Å². The first-order valence-electron chi connectivity index (χ1n) is 8.64. The van der Waals surface area contributed by atoms with Crippen LogP contribution in [0.4, 0.5) is 5.69 Å². The molecule has 1 aromatic rings. The Bertz CT molecular complexity index is 740. The fourth-order valence-electron chi connectivity index (χ4n) is 3.22. The quantitative estimate of drug-likeness (QED) is 0.842. The number of hydrogen-bond donors (Lipinski definition) is 1. The number of nitrogens with zero attached hydrogens (tertiary/aromatic N) is 2. The lowest BCUT2D eigenvalue weighted by Crippen LogP contribution is -2.32. The van der Waals surface area contributed by atoms with Crippen molar-refractivity contribution in [3.05, 3.63) is 29.8 Å². The number of carbonyl (C=O) groups is 2. The molecule has 0 aliphatic carbocycles. The van der Waals surface area contributed by atoms with Gasteiger partial charge in [0.25, 0.3) is 5.91 Å². The maximum absolute atomic E-state index is 12.1. The largest absolute Gasteiger partial charge is 0.352 e. The Labute approximate surface area is 148 Å². The summed E-state index contributed by atoms with van der Waals surface area (Å²) in [7, 11) is -3.21. The molecule has 1 N–H and O–H groups in total. The minimum atomic E-state index is -3.21. The van der Waals surface area contributed by atoms with Crippen molar-refractivity contribution in [1.29, 1.82) is 0 Å². The highest BCUT2D eigenvalue weighted by Crippen LogP contribution is 2.24. The topological polar surface area (TPSA) is 86.8 Å². The first-order valence-corrected chi connectivity index (χ1v) is 10.2. The van der Waals surface area contributed by atoms with Gasteiger partial charge in [-0.25, -0.2) is 8.42 Å². The molecule has 2 amide bonds. The van der Waals surface area contributed by atoms with Crippen LogP contribution in [-0.4, -0.2) is 57.1 Å². The SMILES string of the molecule is O=C(NCCC(=O)N1CCCC1)c1ccc(N2CCCS2(=O)=O)cc1. The van der Waals surface area contributed by atoms with E-state index in [9.17, 15) is 18.0 Å². The van der Waals surface area contributed by atoms with Gasteiger partial charge >= 0.3 is 0 Å². The van der Waals surface area contributed by atoms with E-state index in [1.54, 1.807) is 24.3 Å². The van der Waals surface area contributed by atoms with Gasteiger partial charge in [-0.1, -0.05) is 0 Å². The maximum atomic E-state index is 12.1. The van der Waals surface area contributed by atoms with Gasteiger partial charge in [0.2, 0.25) is 15.9 Å². The van der Waals surface area contributed by atoms with Crippen LogP contribution < -0.4 is 9.62 Å². The minimum absolute atomic E-state index is 0.0763. The van der Waals surface area contributed by atoms with Gasteiger partial charge in [-0.15, -0.1) is 0 Å². The molecule has 2 heterocycles. The molecule has 2 fully saturated rings. The summed E-state index contributed by atoms with van der Waals surface area (Å²) in [5.74, 6) is -0.0160. The third-order valence-corrected chi connectivity index (χ3v) is 6.47. The standard InChI is InChI=1S/C17H23N3O4S/c21-16(19-10-1-2-11-19)8-9-18-17(22)14-4-6-15(7-5-14)20-12-3-13-25(20,23)24/h4-7H,1-3,8-13H2,(H,18,22). The van der Waals surface area contributed by atoms with Gasteiger partial charge in [-0.2, -0.15) is 0 Å². The Morgan fingerprint density at radius 1 is 1.00 bits per heavy atom. The molecule has 0 bridgehead atoms. The van der Waals surface area contributed by atoms with E-state index < -0.39 is 10.0 Å². The Kier molecular flexibility index (Phi) is 5.27. The summed E-state index contributed by atoms with van der Waals surface area (Å²) in [6, 6.07) is 6.52. The van der Waals surface area contributed by atoms with E-state index >= 15 is 0 Å². The lowest BCUT2D eigenvalue weighted by molar-refractivity contribution is -0.129. The monoisotopic (exact) mass is 365 g/mol. The van der Waals surface area contributed by atoms with Crippen molar-refractivity contribution >= 4 is 27.5 Å². The number of sulfonamides is 1.